The summed E-state index contributed by atoms with van der Waals surface area (Å²) in [5, 5.41) is 4.21. The van der Waals surface area contributed by atoms with E-state index in [4.69, 9.17) is 23.8 Å². The normalized spacial score (nSPS) is 11.5. The van der Waals surface area contributed by atoms with Crippen molar-refractivity contribution in [2.24, 2.45) is 0 Å². The van der Waals surface area contributed by atoms with Crippen molar-refractivity contribution >= 4 is 61.2 Å². The molecule has 0 unspecified atom stereocenters. The zero-order chi connectivity index (χ0) is 45.7. The van der Waals surface area contributed by atoms with Gasteiger partial charge in [0.05, 0.1) is 5.56 Å². The third-order valence-electron chi connectivity index (χ3n) is 12.9. The van der Waals surface area contributed by atoms with Gasteiger partial charge in [-0.25, -0.2) is 4.98 Å². The molecule has 10 aromatic carbocycles. The van der Waals surface area contributed by atoms with Crippen LogP contribution in [0.25, 0.3) is 111 Å². The summed E-state index contributed by atoms with van der Waals surface area (Å²) in [6, 6.07) is 83.9. The van der Waals surface area contributed by atoms with E-state index in [0.717, 1.165) is 105 Å². The zero-order valence-corrected chi connectivity index (χ0v) is 37.2. The van der Waals surface area contributed by atoms with Crippen LogP contribution >= 0.6 is 0 Å². The van der Waals surface area contributed by atoms with E-state index in [1.165, 1.54) is 0 Å². The predicted molar refractivity (Wildman–Crippen MR) is 282 cm³/mol. The third kappa shape index (κ3) is 7.28. The van der Waals surface area contributed by atoms with Crippen molar-refractivity contribution in [2.45, 2.75) is 0 Å². The highest BCUT2D eigenvalue weighted by Crippen LogP contribution is 2.42. The number of benzene rings is 10. The molecule has 3 aromatic heterocycles. The minimum atomic E-state index is 0.453. The van der Waals surface area contributed by atoms with Gasteiger partial charge in [0.2, 0.25) is 5.95 Å². The van der Waals surface area contributed by atoms with E-state index in [1.54, 1.807) is 0 Å². The van der Waals surface area contributed by atoms with Crippen molar-refractivity contribution in [3.05, 3.63) is 243 Å². The summed E-state index contributed by atoms with van der Waals surface area (Å²) >= 11 is 0. The Bertz CT molecular complexity index is 3940. The van der Waals surface area contributed by atoms with E-state index < -0.39 is 0 Å². The van der Waals surface area contributed by atoms with Gasteiger partial charge < -0.3 is 8.83 Å². The summed E-state index contributed by atoms with van der Waals surface area (Å²) in [5.74, 6) is 1.47. The minimum Gasteiger partial charge on any atom is -0.455 e. The Labute approximate surface area is 398 Å². The van der Waals surface area contributed by atoms with Gasteiger partial charge in [-0.2, -0.15) is 9.97 Å². The number of furan rings is 2. The van der Waals surface area contributed by atoms with Crippen molar-refractivity contribution in [3.63, 3.8) is 0 Å². The van der Waals surface area contributed by atoms with Crippen LogP contribution in [-0.4, -0.2) is 15.0 Å². The summed E-state index contributed by atoms with van der Waals surface area (Å²) in [7, 11) is 0. The van der Waals surface area contributed by atoms with Crippen LogP contribution in [0.15, 0.2) is 251 Å². The van der Waals surface area contributed by atoms with Crippen LogP contribution in [0.5, 0.6) is 0 Å². The van der Waals surface area contributed by atoms with E-state index in [9.17, 15) is 0 Å². The van der Waals surface area contributed by atoms with Crippen molar-refractivity contribution in [1.29, 1.82) is 0 Å². The molecule has 13 rings (SSSR count). The maximum absolute atomic E-state index is 6.65. The summed E-state index contributed by atoms with van der Waals surface area (Å²) in [4.78, 5) is 18.4. The lowest BCUT2D eigenvalue weighted by molar-refractivity contribution is 0.669. The second kappa shape index (κ2) is 16.8. The molecule has 0 aliphatic heterocycles. The lowest BCUT2D eigenvalue weighted by Gasteiger charge is -2.24. The molecule has 13 aromatic rings. The fourth-order valence-corrected chi connectivity index (χ4v) is 9.57. The molecule has 6 nitrogen and oxygen atoms in total. The molecule has 324 valence electrons. The molecule has 0 saturated carbocycles. The highest BCUT2D eigenvalue weighted by molar-refractivity contribution is 6.10. The molecule has 0 aliphatic rings. The van der Waals surface area contributed by atoms with Crippen molar-refractivity contribution in [2.75, 3.05) is 4.90 Å². The van der Waals surface area contributed by atoms with Gasteiger partial charge in [0, 0.05) is 44.0 Å². The minimum absolute atomic E-state index is 0.453. The zero-order valence-electron chi connectivity index (χ0n) is 37.2. The molecule has 0 spiro atoms. The monoisotopic (exact) mass is 884 g/mol. The van der Waals surface area contributed by atoms with Crippen LogP contribution in [0, 0.1) is 0 Å². The summed E-state index contributed by atoms with van der Waals surface area (Å²) < 4.78 is 13.1. The van der Waals surface area contributed by atoms with Gasteiger partial charge in [-0.15, -0.1) is 0 Å². The molecule has 0 radical (unpaired) electrons. The molecule has 3 heterocycles. The summed E-state index contributed by atoms with van der Waals surface area (Å²) in [6.07, 6.45) is 0. The fourth-order valence-electron chi connectivity index (χ4n) is 9.57. The standard InChI is InChI=1S/C63H40N4O2/c1-4-16-41(17-5-1)44-30-34-49(35-31-44)67(50-36-32-45(33-37-50)51-24-14-25-54-52-22-10-12-28-57(52)68-59(51)54)63-65-61(64-62(66-63)56-27-15-26-55-53-23-11-13-29-58(53)69-60(55)56)48-39-46(42-18-6-2-7-19-42)38-47(40-48)43-20-8-3-9-21-43/h1-40H. The van der Waals surface area contributed by atoms with Crippen LogP contribution < -0.4 is 4.90 Å². The Kier molecular flexibility index (Phi) is 9.72. The highest BCUT2D eigenvalue weighted by atomic mass is 16.3. The molecule has 0 atom stereocenters. The number of aromatic nitrogens is 3. The second-order valence-electron chi connectivity index (χ2n) is 17.2. The predicted octanol–water partition coefficient (Wildman–Crippen LogP) is 17.1. The van der Waals surface area contributed by atoms with Crippen molar-refractivity contribution in [3.8, 4) is 67.3 Å². The SMILES string of the molecule is c1ccc(-c2ccc(N(c3ccc(-c4cccc5c4oc4ccccc45)cc3)c3nc(-c4cc(-c5ccccc5)cc(-c5ccccc5)c4)nc(-c4cccc5c4oc4ccccc45)n3)cc2)cc1. The Morgan fingerprint density at radius 1 is 0.275 bits per heavy atom. The highest BCUT2D eigenvalue weighted by Gasteiger charge is 2.23. The van der Waals surface area contributed by atoms with Crippen molar-refractivity contribution in [1.82, 2.24) is 15.0 Å². The van der Waals surface area contributed by atoms with E-state index in [-0.39, 0.29) is 0 Å². The summed E-state index contributed by atoms with van der Waals surface area (Å²) in [5.41, 5.74) is 15.2. The maximum Gasteiger partial charge on any atom is 0.238 e. The quantitative estimate of drug-likeness (QED) is 0.144. The number of rotatable bonds is 9. The second-order valence-corrected chi connectivity index (χ2v) is 17.2. The largest absolute Gasteiger partial charge is 0.455 e. The smallest absolute Gasteiger partial charge is 0.238 e. The first-order chi connectivity index (χ1) is 34.2. The molecule has 0 aliphatic carbocycles. The number of anilines is 3. The Balaban J connectivity index is 1.04. The molecular formula is C63H40N4O2. The molecule has 0 saturated heterocycles. The van der Waals surface area contributed by atoms with Gasteiger partial charge >= 0.3 is 0 Å². The lowest BCUT2D eigenvalue weighted by atomic mass is 9.96. The fraction of sp³-hybridized carbons (Fsp3) is 0. The van der Waals surface area contributed by atoms with Crippen LogP contribution in [0.3, 0.4) is 0 Å². The third-order valence-corrected chi connectivity index (χ3v) is 12.9. The van der Waals surface area contributed by atoms with Gasteiger partial charge in [0.1, 0.15) is 22.3 Å². The molecule has 69 heavy (non-hydrogen) atoms. The van der Waals surface area contributed by atoms with E-state index in [0.29, 0.717) is 23.2 Å². The van der Waals surface area contributed by atoms with Gasteiger partial charge in [-0.3, -0.25) is 4.90 Å². The molecule has 0 fully saturated rings. The average Bonchev–Trinajstić information content (AvgIpc) is 4.01. The van der Waals surface area contributed by atoms with Crippen molar-refractivity contribution < 1.29 is 8.83 Å². The first-order valence-electron chi connectivity index (χ1n) is 23.1. The summed E-state index contributed by atoms with van der Waals surface area (Å²) in [6.45, 7) is 0. The van der Waals surface area contributed by atoms with Gasteiger partial charge in [-0.1, -0.05) is 182 Å². The van der Waals surface area contributed by atoms with E-state index in [1.807, 2.05) is 60.7 Å². The van der Waals surface area contributed by atoms with Crippen LogP contribution in [-0.2, 0) is 0 Å². The lowest BCUT2D eigenvalue weighted by Crippen LogP contribution is -2.15. The van der Waals surface area contributed by atoms with E-state index in [2.05, 4.69) is 187 Å². The molecule has 6 heteroatoms. The Hall–Kier alpha value is -9.39. The first kappa shape index (κ1) is 39.9. The average molecular weight is 885 g/mol. The van der Waals surface area contributed by atoms with Gasteiger partial charge in [0.25, 0.3) is 0 Å². The van der Waals surface area contributed by atoms with E-state index >= 15 is 0 Å². The Morgan fingerprint density at radius 2 is 0.681 bits per heavy atom. The topological polar surface area (TPSA) is 68.2 Å². The Morgan fingerprint density at radius 3 is 1.23 bits per heavy atom. The van der Waals surface area contributed by atoms with Gasteiger partial charge in [0.15, 0.2) is 11.6 Å². The number of fused-ring (bicyclic) bond motifs is 6. The molecule has 0 amide bonds. The van der Waals surface area contributed by atoms with Gasteiger partial charge in [-0.05, 0) is 99.6 Å². The number of nitrogens with zero attached hydrogens (tertiary/aromatic N) is 4. The van der Waals surface area contributed by atoms with Crippen LogP contribution in [0.4, 0.5) is 17.3 Å². The number of hydrogen-bond donors (Lipinski definition) is 0. The molecule has 0 N–H and O–H groups in total. The molecular weight excluding hydrogens is 845 g/mol. The van der Waals surface area contributed by atoms with Crippen LogP contribution in [0.2, 0.25) is 0 Å². The number of hydrogen-bond acceptors (Lipinski definition) is 6. The first-order valence-corrected chi connectivity index (χ1v) is 23.1. The number of para-hydroxylation sites is 4. The maximum atomic E-state index is 6.65. The molecule has 0 bridgehead atoms. The van der Waals surface area contributed by atoms with Crippen LogP contribution in [0.1, 0.15) is 0 Å².